The first kappa shape index (κ1) is 10.8. The molecule has 0 atom stereocenters. The van der Waals surface area contributed by atoms with Gasteiger partial charge >= 0.3 is 0 Å². The molecule has 1 aliphatic rings. The van der Waals surface area contributed by atoms with Crippen molar-refractivity contribution < 1.29 is 0 Å². The molecule has 0 unspecified atom stereocenters. The SMILES string of the molecule is Cc1cnnc(N2CCN(CC#N)CC2)c1. The molecule has 2 rings (SSSR count). The molecule has 0 saturated carbocycles. The first-order valence-electron chi connectivity index (χ1n) is 5.43. The van der Waals surface area contributed by atoms with Gasteiger partial charge in [0.05, 0.1) is 18.8 Å². The maximum atomic E-state index is 8.61. The molecule has 0 spiro atoms. The van der Waals surface area contributed by atoms with Gasteiger partial charge in [-0.05, 0) is 18.6 Å². The summed E-state index contributed by atoms with van der Waals surface area (Å²) in [6.07, 6.45) is 1.76. The van der Waals surface area contributed by atoms with Gasteiger partial charge in [0.25, 0.3) is 0 Å². The third-order valence-electron chi connectivity index (χ3n) is 2.77. The number of nitriles is 1. The van der Waals surface area contributed by atoms with E-state index in [0.29, 0.717) is 6.54 Å². The molecular weight excluding hydrogens is 202 g/mol. The lowest BCUT2D eigenvalue weighted by Crippen LogP contribution is -2.46. The van der Waals surface area contributed by atoms with Crippen LogP contribution in [0, 0.1) is 18.3 Å². The predicted octanol–water partition coefficient (Wildman–Crippen LogP) is 0.431. The van der Waals surface area contributed by atoms with E-state index in [-0.39, 0.29) is 0 Å². The van der Waals surface area contributed by atoms with Crippen LogP contribution in [0.3, 0.4) is 0 Å². The molecule has 1 fully saturated rings. The second kappa shape index (κ2) is 4.90. The Kier molecular flexibility index (Phi) is 3.32. The van der Waals surface area contributed by atoms with Gasteiger partial charge in [0.1, 0.15) is 0 Å². The van der Waals surface area contributed by atoms with Crippen LogP contribution in [0.25, 0.3) is 0 Å². The molecule has 0 aromatic carbocycles. The minimum absolute atomic E-state index is 0.521. The predicted molar refractivity (Wildman–Crippen MR) is 61.0 cm³/mol. The average molecular weight is 217 g/mol. The van der Waals surface area contributed by atoms with Crippen molar-refractivity contribution >= 4 is 5.82 Å². The fourth-order valence-corrected chi connectivity index (χ4v) is 1.84. The molecule has 0 N–H and O–H groups in total. The molecule has 1 aliphatic heterocycles. The van der Waals surface area contributed by atoms with Gasteiger partial charge in [-0.2, -0.15) is 10.4 Å². The summed E-state index contributed by atoms with van der Waals surface area (Å²) in [5.41, 5.74) is 1.13. The number of nitrogens with zero attached hydrogens (tertiary/aromatic N) is 5. The Morgan fingerprint density at radius 3 is 2.75 bits per heavy atom. The Labute approximate surface area is 95.3 Å². The quantitative estimate of drug-likeness (QED) is 0.672. The van der Waals surface area contributed by atoms with Crippen molar-refractivity contribution in [3.05, 3.63) is 17.8 Å². The first-order valence-corrected chi connectivity index (χ1v) is 5.43. The van der Waals surface area contributed by atoms with Crippen LogP contribution in [0.4, 0.5) is 5.82 Å². The van der Waals surface area contributed by atoms with E-state index in [2.05, 4.69) is 26.1 Å². The lowest BCUT2D eigenvalue weighted by atomic mass is 10.3. The average Bonchev–Trinajstić information content (AvgIpc) is 2.30. The van der Waals surface area contributed by atoms with Gasteiger partial charge in [-0.3, -0.25) is 4.90 Å². The number of rotatable bonds is 2. The van der Waals surface area contributed by atoms with Crippen molar-refractivity contribution in [1.29, 1.82) is 5.26 Å². The Hall–Kier alpha value is -1.67. The largest absolute Gasteiger partial charge is 0.353 e. The molecule has 5 nitrogen and oxygen atoms in total. The lowest BCUT2D eigenvalue weighted by Gasteiger charge is -2.33. The summed E-state index contributed by atoms with van der Waals surface area (Å²) in [5, 5.41) is 16.7. The van der Waals surface area contributed by atoms with Crippen molar-refractivity contribution in [2.45, 2.75) is 6.92 Å². The highest BCUT2D eigenvalue weighted by atomic mass is 15.3. The van der Waals surface area contributed by atoms with Crippen LogP contribution in [0.15, 0.2) is 12.3 Å². The Balaban J connectivity index is 1.97. The van der Waals surface area contributed by atoms with Crippen molar-refractivity contribution in [2.24, 2.45) is 0 Å². The Bertz CT molecular complexity index is 390. The number of piperazine rings is 1. The third kappa shape index (κ3) is 2.47. The summed E-state index contributed by atoms with van der Waals surface area (Å²) in [7, 11) is 0. The minimum Gasteiger partial charge on any atom is -0.353 e. The van der Waals surface area contributed by atoms with E-state index in [1.807, 2.05) is 13.0 Å². The second-order valence-electron chi connectivity index (χ2n) is 4.01. The number of anilines is 1. The van der Waals surface area contributed by atoms with Crippen molar-refractivity contribution in [3.63, 3.8) is 0 Å². The van der Waals surface area contributed by atoms with Gasteiger partial charge in [0.2, 0.25) is 0 Å². The van der Waals surface area contributed by atoms with E-state index < -0.39 is 0 Å². The van der Waals surface area contributed by atoms with Crippen LogP contribution in [0.1, 0.15) is 5.56 Å². The van der Waals surface area contributed by atoms with E-state index in [1.165, 1.54) is 0 Å². The second-order valence-corrected chi connectivity index (χ2v) is 4.01. The van der Waals surface area contributed by atoms with Gasteiger partial charge in [-0.25, -0.2) is 0 Å². The summed E-state index contributed by atoms with van der Waals surface area (Å²) in [6.45, 7) is 6.21. The van der Waals surface area contributed by atoms with Gasteiger partial charge in [-0.15, -0.1) is 5.10 Å². The van der Waals surface area contributed by atoms with Crippen LogP contribution in [-0.4, -0.2) is 47.8 Å². The molecule has 1 aromatic heterocycles. The summed E-state index contributed by atoms with van der Waals surface area (Å²) in [5.74, 6) is 0.941. The van der Waals surface area contributed by atoms with Crippen LogP contribution >= 0.6 is 0 Å². The zero-order valence-corrected chi connectivity index (χ0v) is 9.43. The van der Waals surface area contributed by atoms with Gasteiger partial charge in [0.15, 0.2) is 5.82 Å². The van der Waals surface area contributed by atoms with Crippen molar-refractivity contribution in [2.75, 3.05) is 37.6 Å². The summed E-state index contributed by atoms with van der Waals surface area (Å²) in [6, 6.07) is 4.23. The number of aryl methyl sites for hydroxylation is 1. The van der Waals surface area contributed by atoms with E-state index in [4.69, 9.17) is 5.26 Å². The smallest absolute Gasteiger partial charge is 0.151 e. The summed E-state index contributed by atoms with van der Waals surface area (Å²) >= 11 is 0. The van der Waals surface area contributed by atoms with E-state index >= 15 is 0 Å². The normalized spacial score (nSPS) is 17.1. The Morgan fingerprint density at radius 2 is 2.12 bits per heavy atom. The molecule has 5 heteroatoms. The lowest BCUT2D eigenvalue weighted by molar-refractivity contribution is 0.286. The molecule has 0 amide bonds. The van der Waals surface area contributed by atoms with E-state index in [1.54, 1.807) is 6.20 Å². The highest BCUT2D eigenvalue weighted by Gasteiger charge is 2.17. The monoisotopic (exact) mass is 217 g/mol. The van der Waals surface area contributed by atoms with Crippen LogP contribution in [0.2, 0.25) is 0 Å². The number of aromatic nitrogens is 2. The molecule has 1 aromatic rings. The van der Waals surface area contributed by atoms with Crippen molar-refractivity contribution in [1.82, 2.24) is 15.1 Å². The number of hydrogen-bond donors (Lipinski definition) is 0. The van der Waals surface area contributed by atoms with Gasteiger partial charge < -0.3 is 4.90 Å². The highest BCUT2D eigenvalue weighted by molar-refractivity contribution is 5.39. The zero-order chi connectivity index (χ0) is 11.4. The van der Waals surface area contributed by atoms with E-state index in [9.17, 15) is 0 Å². The van der Waals surface area contributed by atoms with Gasteiger partial charge in [-0.1, -0.05) is 0 Å². The van der Waals surface area contributed by atoms with Crippen LogP contribution < -0.4 is 4.90 Å². The molecule has 0 aliphatic carbocycles. The van der Waals surface area contributed by atoms with Crippen LogP contribution in [0.5, 0.6) is 0 Å². The third-order valence-corrected chi connectivity index (χ3v) is 2.77. The fraction of sp³-hybridized carbons (Fsp3) is 0.545. The summed E-state index contributed by atoms with van der Waals surface area (Å²) < 4.78 is 0. The zero-order valence-electron chi connectivity index (χ0n) is 9.43. The molecule has 0 bridgehead atoms. The summed E-state index contributed by atoms with van der Waals surface area (Å²) in [4.78, 5) is 4.37. The van der Waals surface area contributed by atoms with E-state index in [0.717, 1.165) is 37.6 Å². The van der Waals surface area contributed by atoms with Gasteiger partial charge in [0, 0.05) is 26.2 Å². The standard InChI is InChI=1S/C11H15N5/c1-10-8-11(14-13-9-10)16-6-4-15(3-2-12)5-7-16/h8-9H,3-7H2,1H3. The van der Waals surface area contributed by atoms with Crippen molar-refractivity contribution in [3.8, 4) is 6.07 Å². The minimum atomic E-state index is 0.521. The molecule has 0 radical (unpaired) electrons. The number of hydrogen-bond acceptors (Lipinski definition) is 5. The maximum Gasteiger partial charge on any atom is 0.151 e. The molecular formula is C11H15N5. The maximum absolute atomic E-state index is 8.61. The Morgan fingerprint density at radius 1 is 1.38 bits per heavy atom. The molecule has 2 heterocycles. The molecule has 84 valence electrons. The topological polar surface area (TPSA) is 56.1 Å². The van der Waals surface area contributed by atoms with Crippen LogP contribution in [-0.2, 0) is 0 Å². The molecule has 16 heavy (non-hydrogen) atoms. The highest BCUT2D eigenvalue weighted by Crippen LogP contribution is 2.13. The molecule has 1 saturated heterocycles. The fourth-order valence-electron chi connectivity index (χ4n) is 1.84. The first-order chi connectivity index (χ1) is 7.79.